The molecule has 1 saturated carbocycles. The van der Waals surface area contributed by atoms with Crippen LogP contribution < -0.4 is 16.0 Å². The van der Waals surface area contributed by atoms with Gasteiger partial charge in [-0.15, -0.1) is 5.73 Å². The average Bonchev–Trinajstić information content (AvgIpc) is 3.43. The summed E-state index contributed by atoms with van der Waals surface area (Å²) in [6.45, 7) is 1.85. The zero-order chi connectivity index (χ0) is 33.0. The third-order valence-electron chi connectivity index (χ3n) is 9.96. The van der Waals surface area contributed by atoms with Gasteiger partial charge in [0.1, 0.15) is 24.0 Å². The molecule has 2 fully saturated rings. The molecular weight excluding hydrogens is 600 g/mol. The van der Waals surface area contributed by atoms with Gasteiger partial charge in [0.25, 0.3) is 0 Å². The summed E-state index contributed by atoms with van der Waals surface area (Å²) in [5.41, 5.74) is 5.24. The Morgan fingerprint density at radius 1 is 1.09 bits per heavy atom. The van der Waals surface area contributed by atoms with Gasteiger partial charge >= 0.3 is 0 Å². The van der Waals surface area contributed by atoms with E-state index in [9.17, 15) is 23.2 Å². The molecule has 6 rings (SSSR count). The largest absolute Gasteiger partial charge is 0.332 e. The number of pyridine rings is 1. The highest BCUT2D eigenvalue weighted by molar-refractivity contribution is 5.96. The average molecular weight is 642 g/mol. The number of rotatable bonds is 8. The molecule has 1 spiro atoms. The first-order valence-electron chi connectivity index (χ1n) is 16.6. The van der Waals surface area contributed by atoms with Crippen LogP contribution in [-0.2, 0) is 27.2 Å². The van der Waals surface area contributed by atoms with E-state index < -0.39 is 35.0 Å². The minimum absolute atomic E-state index is 0.0793. The third kappa shape index (κ3) is 7.14. The Balaban J connectivity index is 1.18. The van der Waals surface area contributed by atoms with Gasteiger partial charge in [-0.1, -0.05) is 50.7 Å². The summed E-state index contributed by atoms with van der Waals surface area (Å²) < 4.78 is 28.5. The van der Waals surface area contributed by atoms with Gasteiger partial charge in [0.15, 0.2) is 0 Å². The molecule has 47 heavy (non-hydrogen) atoms. The van der Waals surface area contributed by atoms with E-state index in [0.717, 1.165) is 48.4 Å². The van der Waals surface area contributed by atoms with Gasteiger partial charge < -0.3 is 20.9 Å². The smallest absolute Gasteiger partial charge is 0.245 e. The number of piperazine rings is 1. The Morgan fingerprint density at radius 3 is 2.57 bits per heavy atom. The lowest BCUT2D eigenvalue weighted by atomic mass is 9.78. The van der Waals surface area contributed by atoms with Crippen LogP contribution in [0.3, 0.4) is 0 Å². The van der Waals surface area contributed by atoms with E-state index in [2.05, 4.69) is 26.7 Å². The van der Waals surface area contributed by atoms with E-state index in [-0.39, 0.29) is 24.9 Å². The van der Waals surface area contributed by atoms with E-state index in [1.165, 1.54) is 29.9 Å². The molecule has 0 bridgehead atoms. The van der Waals surface area contributed by atoms with Gasteiger partial charge in [0.05, 0.1) is 17.5 Å². The summed E-state index contributed by atoms with van der Waals surface area (Å²) in [7, 11) is 0. The van der Waals surface area contributed by atoms with E-state index in [4.69, 9.17) is 0 Å². The predicted molar refractivity (Wildman–Crippen MR) is 175 cm³/mol. The van der Waals surface area contributed by atoms with Crippen LogP contribution in [0.5, 0.6) is 0 Å². The maximum absolute atomic E-state index is 14.3. The van der Waals surface area contributed by atoms with Gasteiger partial charge in [-0.05, 0) is 84.7 Å². The number of hydrogen-bond acceptors (Lipinski definition) is 5. The number of nitrogens with one attached hydrogen (secondary N) is 3. The molecule has 4 aliphatic rings. The predicted octanol–water partition coefficient (Wildman–Crippen LogP) is 5.59. The number of fused-ring (bicyclic) bond motifs is 1. The fraction of sp³-hybridized carbons (Fsp3) is 0.432. The molecule has 2 aliphatic heterocycles. The maximum Gasteiger partial charge on any atom is 0.245 e. The molecule has 0 radical (unpaired) electrons. The van der Waals surface area contributed by atoms with E-state index in [0.29, 0.717) is 36.6 Å². The molecule has 3 unspecified atom stereocenters. The fourth-order valence-electron chi connectivity index (χ4n) is 7.57. The number of halogens is 2. The van der Waals surface area contributed by atoms with Crippen LogP contribution in [0.25, 0.3) is 0 Å². The SMILES string of the molecule is CC=C=C/C=C\C1=CNC(=O)C12Cc1cnc(NC(=O)CN3C(=O)C(CC4CCCCCC4)NCC3c3cc(F)cc(F)c3)cc1C2. The number of aromatic nitrogens is 1. The van der Waals surface area contributed by atoms with Crippen LogP contribution in [0, 0.1) is 23.0 Å². The van der Waals surface area contributed by atoms with Crippen molar-refractivity contribution < 1.29 is 23.2 Å². The Hall–Kier alpha value is -4.40. The molecular formula is C37H41F2N5O3. The number of allylic oxidation sites excluding steroid dienone is 3. The number of benzene rings is 1. The first-order valence-corrected chi connectivity index (χ1v) is 16.6. The van der Waals surface area contributed by atoms with Crippen molar-refractivity contribution in [1.29, 1.82) is 0 Å². The van der Waals surface area contributed by atoms with Crippen molar-refractivity contribution in [2.24, 2.45) is 11.3 Å². The van der Waals surface area contributed by atoms with Crippen LogP contribution in [0.1, 0.15) is 74.6 Å². The molecule has 1 aromatic carbocycles. The number of hydrogen-bond donors (Lipinski definition) is 3. The zero-order valence-corrected chi connectivity index (χ0v) is 26.7. The molecule has 3 atom stereocenters. The molecule has 3 heterocycles. The van der Waals surface area contributed by atoms with Crippen molar-refractivity contribution >= 4 is 23.5 Å². The van der Waals surface area contributed by atoms with Crippen LogP contribution >= 0.6 is 0 Å². The number of nitrogens with zero attached hydrogens (tertiary/aromatic N) is 2. The quantitative estimate of drug-likeness (QED) is 0.198. The second kappa shape index (κ2) is 14.2. The topological polar surface area (TPSA) is 103 Å². The van der Waals surface area contributed by atoms with Crippen molar-refractivity contribution in [3.63, 3.8) is 0 Å². The normalized spacial score (nSPS) is 24.5. The first kappa shape index (κ1) is 32.5. The molecule has 1 aromatic heterocycles. The third-order valence-corrected chi connectivity index (χ3v) is 9.96. The molecule has 2 aliphatic carbocycles. The lowest BCUT2D eigenvalue weighted by molar-refractivity contribution is -0.142. The van der Waals surface area contributed by atoms with Crippen molar-refractivity contribution in [2.45, 2.75) is 76.8 Å². The fourth-order valence-corrected chi connectivity index (χ4v) is 7.57. The summed E-state index contributed by atoms with van der Waals surface area (Å²) >= 11 is 0. The van der Waals surface area contributed by atoms with E-state index >= 15 is 0 Å². The van der Waals surface area contributed by atoms with Crippen LogP contribution in [0.15, 0.2) is 72.3 Å². The van der Waals surface area contributed by atoms with Crippen molar-refractivity contribution in [3.8, 4) is 0 Å². The molecule has 3 amide bonds. The zero-order valence-electron chi connectivity index (χ0n) is 26.7. The van der Waals surface area contributed by atoms with E-state index in [1.54, 1.807) is 30.6 Å². The molecule has 8 nitrogen and oxygen atoms in total. The highest BCUT2D eigenvalue weighted by Gasteiger charge is 2.49. The van der Waals surface area contributed by atoms with Crippen LogP contribution in [-0.4, -0.2) is 46.7 Å². The second-order valence-corrected chi connectivity index (χ2v) is 13.1. The Kier molecular flexibility index (Phi) is 9.80. The summed E-state index contributed by atoms with van der Waals surface area (Å²) in [6.07, 6.45) is 19.2. The van der Waals surface area contributed by atoms with E-state index in [1.807, 2.05) is 19.1 Å². The number of anilines is 1. The second-order valence-electron chi connectivity index (χ2n) is 13.1. The minimum Gasteiger partial charge on any atom is -0.332 e. The maximum atomic E-state index is 14.3. The lowest BCUT2D eigenvalue weighted by Crippen LogP contribution is -2.58. The molecule has 1 saturated heterocycles. The highest BCUT2D eigenvalue weighted by atomic mass is 19.1. The summed E-state index contributed by atoms with van der Waals surface area (Å²) in [5.74, 6) is -1.55. The van der Waals surface area contributed by atoms with Gasteiger partial charge in [-0.25, -0.2) is 13.8 Å². The summed E-state index contributed by atoms with van der Waals surface area (Å²) in [6, 6.07) is 3.80. The summed E-state index contributed by atoms with van der Waals surface area (Å²) in [4.78, 5) is 46.3. The Morgan fingerprint density at radius 2 is 1.83 bits per heavy atom. The molecule has 10 heteroatoms. The molecule has 246 valence electrons. The van der Waals surface area contributed by atoms with Crippen LogP contribution in [0.2, 0.25) is 0 Å². The highest BCUT2D eigenvalue weighted by Crippen LogP contribution is 2.46. The van der Waals surface area contributed by atoms with Gasteiger partial charge in [-0.2, -0.15) is 0 Å². The lowest BCUT2D eigenvalue weighted by Gasteiger charge is -2.40. The number of carbonyl (C=O) groups is 3. The van der Waals surface area contributed by atoms with Crippen molar-refractivity contribution in [2.75, 3.05) is 18.4 Å². The Bertz CT molecular complexity index is 1650. The van der Waals surface area contributed by atoms with Gasteiger partial charge in [0, 0.05) is 25.0 Å². The van der Waals surface area contributed by atoms with Crippen LogP contribution in [0.4, 0.5) is 14.6 Å². The van der Waals surface area contributed by atoms with Crippen molar-refractivity contribution in [1.82, 2.24) is 20.5 Å². The first-order chi connectivity index (χ1) is 22.8. The number of amides is 3. The Labute approximate surface area is 274 Å². The minimum atomic E-state index is -0.750. The number of carbonyl (C=O) groups excluding carboxylic acids is 3. The van der Waals surface area contributed by atoms with Gasteiger partial charge in [-0.3, -0.25) is 14.4 Å². The standard InChI is InChI=1S/C37H41F2N5O3/c1-2-3-4-9-12-28-21-42-36(47)37(28)18-26-16-33(41-20-27(26)19-37)43-34(45)23-44-32(25-14-29(38)17-30(39)15-25)22-40-31(35(44)46)13-24-10-7-5-6-8-11-24/h2,4,9,12,14-17,20-21,24,31-32,40H,5-8,10-11,13,18-19,22-23H2,1H3,(H,42,47)(H,41,43,45)/b12-9-. The van der Waals surface area contributed by atoms with Gasteiger partial charge in [0.2, 0.25) is 17.7 Å². The molecule has 2 aromatic rings. The monoisotopic (exact) mass is 641 g/mol. The molecule has 3 N–H and O–H groups in total. The summed E-state index contributed by atoms with van der Waals surface area (Å²) in [5, 5.41) is 9.01. The van der Waals surface area contributed by atoms with Crippen molar-refractivity contribution in [3.05, 3.63) is 101 Å².